The summed E-state index contributed by atoms with van der Waals surface area (Å²) in [5.41, 5.74) is -1.33. The average molecular weight is 679 g/mol. The zero-order valence-corrected chi connectivity index (χ0v) is 26.2. The van der Waals surface area contributed by atoms with Crippen molar-refractivity contribution in [1.29, 1.82) is 0 Å². The molecule has 44 heavy (non-hydrogen) atoms. The number of halogens is 1. The summed E-state index contributed by atoms with van der Waals surface area (Å²) in [5, 5.41) is 26.1. The fraction of sp³-hybridized carbons (Fsp3) is 0.304. The largest absolute Gasteiger partial charge is 0.493 e. The number of nitrogens with one attached hydrogen (secondary N) is 2. The molecule has 0 unspecified atom stereocenters. The van der Waals surface area contributed by atoms with Crippen molar-refractivity contribution in [3.8, 4) is 23.0 Å². The Labute approximate surface area is 259 Å². The lowest BCUT2D eigenvalue weighted by Crippen LogP contribution is -2.63. The highest BCUT2D eigenvalue weighted by atomic mass is 33.1. The molecule has 0 bridgehead atoms. The van der Waals surface area contributed by atoms with Crippen LogP contribution < -0.4 is 34.5 Å². The highest BCUT2D eigenvalue weighted by Crippen LogP contribution is 2.46. The summed E-state index contributed by atoms with van der Waals surface area (Å²) in [6.45, 7) is 2.54. The first-order chi connectivity index (χ1) is 20.6. The number of pyridine rings is 1. The number of anilines is 5. The van der Waals surface area contributed by atoms with Gasteiger partial charge in [-0.3, -0.25) is 4.79 Å². The van der Waals surface area contributed by atoms with Crippen molar-refractivity contribution in [3.05, 3.63) is 36.3 Å². The number of aromatic nitrogens is 3. The number of fused-ring (bicyclic) bond motifs is 1. The molecule has 1 amide bonds. The topological polar surface area (TPSA) is 227 Å². The van der Waals surface area contributed by atoms with Crippen LogP contribution in [0.4, 0.5) is 33.5 Å². The zero-order valence-electron chi connectivity index (χ0n) is 23.5. The first kappa shape index (κ1) is 34.9. The molecule has 6 N–H and O–H groups in total. The Morgan fingerprint density at radius 2 is 1.66 bits per heavy atom. The monoisotopic (exact) mass is 678 g/mol. The van der Waals surface area contributed by atoms with E-state index in [-0.39, 0.29) is 22.4 Å². The summed E-state index contributed by atoms with van der Waals surface area (Å²) in [7, 11) is -1.23. The summed E-state index contributed by atoms with van der Waals surface area (Å²) in [6.07, 6.45) is -2.99. The highest BCUT2D eigenvalue weighted by molar-refractivity contribution is 8.59. The van der Waals surface area contributed by atoms with Crippen molar-refractivity contribution in [1.82, 2.24) is 15.0 Å². The van der Waals surface area contributed by atoms with Gasteiger partial charge in [-0.05, 0) is 26.0 Å². The fourth-order valence-corrected chi connectivity index (χ4v) is 4.22. The Hall–Kier alpha value is -3.62. The van der Waals surface area contributed by atoms with Crippen LogP contribution in [-0.4, -0.2) is 73.9 Å². The van der Waals surface area contributed by atoms with Crippen LogP contribution in [0.25, 0.3) is 0 Å². The molecule has 2 aromatic heterocycles. The number of thiol groups is 2. The molecule has 4 rings (SSSR count). The maximum Gasteiger partial charge on any atom is 0.475 e. The van der Waals surface area contributed by atoms with Gasteiger partial charge in [0, 0.05) is 17.8 Å². The normalized spacial score (nSPS) is 14.0. The summed E-state index contributed by atoms with van der Waals surface area (Å²) >= 11 is 6.44. The lowest BCUT2D eigenvalue weighted by Gasteiger charge is -2.42. The van der Waals surface area contributed by atoms with Gasteiger partial charge in [0.25, 0.3) is 5.91 Å². The summed E-state index contributed by atoms with van der Waals surface area (Å²) in [6, 6.07) is 5.66. The van der Waals surface area contributed by atoms with Gasteiger partial charge in [0.05, 0.1) is 27.5 Å². The number of hydrogen-bond donors (Lipinski definition) is 8. The van der Waals surface area contributed by atoms with Gasteiger partial charge in [0.1, 0.15) is 5.82 Å². The molecule has 0 radical (unpaired) electrons. The fourth-order valence-electron chi connectivity index (χ4n) is 3.82. The molecule has 0 fully saturated rings. The van der Waals surface area contributed by atoms with Gasteiger partial charge in [-0.15, -0.1) is 23.3 Å². The third kappa shape index (κ3) is 7.71. The number of aliphatic hydroxyl groups is 2. The van der Waals surface area contributed by atoms with E-state index in [1.807, 2.05) is 0 Å². The first-order valence-electron chi connectivity index (χ1n) is 11.9. The Morgan fingerprint density at radius 1 is 1.05 bits per heavy atom. The Morgan fingerprint density at radius 3 is 2.20 bits per heavy atom. The highest BCUT2D eigenvalue weighted by Gasteiger charge is 2.53. The van der Waals surface area contributed by atoms with Crippen molar-refractivity contribution < 1.29 is 57.2 Å². The molecule has 3 heterocycles. The van der Waals surface area contributed by atoms with E-state index in [4.69, 9.17) is 28.7 Å². The van der Waals surface area contributed by atoms with Crippen molar-refractivity contribution in [2.75, 3.05) is 36.9 Å². The third-order valence-corrected chi connectivity index (χ3v) is 6.06. The third-order valence-electron chi connectivity index (χ3n) is 5.58. The smallest absolute Gasteiger partial charge is 0.475 e. The summed E-state index contributed by atoms with van der Waals surface area (Å²) < 4.78 is 51.6. The second-order valence-electron chi connectivity index (χ2n) is 8.98. The minimum atomic E-state index is -5.53. The second kappa shape index (κ2) is 13.6. The maximum atomic E-state index is 14.7. The SMILES string of the molecule is COc1cc(Nc2ncc(F)c(Nc3ccc4c(n3)N(C(O)(O)OP(=O)(O)O)C(=O)C(C)(C)O4)n2)cc(OC)c1OC.SS. The number of methoxy groups -OCH3 is 3. The van der Waals surface area contributed by atoms with Crippen molar-refractivity contribution in [2.45, 2.75) is 25.5 Å². The molecule has 17 nitrogen and oxygen atoms in total. The number of carbonyl (C=O) groups is 1. The standard InChI is InChI=1S/C23H26FN6O11P.H2S2/c1-22(2)20(31)30(23(32,33)41-42(34,35)36)19-13(40-22)6-7-16(28-19)27-18-12(24)10-25-21(29-18)26-11-8-14(37-3)17(39-5)15(9-11)38-4;1-2/h6-10,32-33H,1-5H3,(H2,34,35,36)(H2,25,26,27,28,29);1-2H. The Balaban J connectivity index is 0.00000259. The molecular formula is C23H28FN6O11PS2. The van der Waals surface area contributed by atoms with E-state index in [2.05, 4.69) is 53.4 Å². The number of phosphoric acid groups is 1. The number of phosphoric ester groups is 1. The molecule has 21 heteroatoms. The van der Waals surface area contributed by atoms with E-state index in [1.54, 1.807) is 12.1 Å². The average Bonchev–Trinajstić information content (AvgIpc) is 2.94. The predicted molar refractivity (Wildman–Crippen MR) is 159 cm³/mol. The number of benzene rings is 1. The molecule has 0 saturated carbocycles. The van der Waals surface area contributed by atoms with Gasteiger partial charge in [0.2, 0.25) is 11.7 Å². The van der Waals surface area contributed by atoms with Crippen LogP contribution in [0.3, 0.4) is 0 Å². The van der Waals surface area contributed by atoms with Crippen LogP contribution in [-0.2, 0) is 13.9 Å². The van der Waals surface area contributed by atoms with Crippen molar-refractivity contribution in [2.24, 2.45) is 0 Å². The molecule has 0 saturated heterocycles. The van der Waals surface area contributed by atoms with Crippen LogP contribution in [0.1, 0.15) is 13.8 Å². The number of hydrogen-bond acceptors (Lipinski definition) is 16. The molecule has 3 aromatic rings. The molecule has 1 aliphatic rings. The lowest BCUT2D eigenvalue weighted by atomic mass is 10.1. The van der Waals surface area contributed by atoms with Gasteiger partial charge >= 0.3 is 13.9 Å². The molecule has 1 aliphatic heterocycles. The van der Waals surface area contributed by atoms with Crippen molar-refractivity contribution in [3.63, 3.8) is 0 Å². The van der Waals surface area contributed by atoms with Crippen molar-refractivity contribution >= 4 is 66.1 Å². The molecule has 1 aromatic carbocycles. The molecule has 240 valence electrons. The quantitative estimate of drug-likeness (QED) is 0.0667. The van der Waals surface area contributed by atoms with Crippen LogP contribution in [0.5, 0.6) is 23.0 Å². The summed E-state index contributed by atoms with van der Waals surface area (Å²) in [4.78, 5) is 43.4. The number of ether oxygens (including phenoxy) is 4. The van der Waals surface area contributed by atoms with E-state index < -0.39 is 42.9 Å². The number of nitrogens with zero attached hydrogens (tertiary/aromatic N) is 4. The van der Waals surface area contributed by atoms with E-state index in [0.717, 1.165) is 6.20 Å². The van der Waals surface area contributed by atoms with Crippen LogP contribution in [0, 0.1) is 5.82 Å². The number of amides is 1. The number of rotatable bonds is 10. The predicted octanol–water partition coefficient (Wildman–Crippen LogP) is 2.49. The first-order valence-corrected chi connectivity index (χ1v) is 15.0. The molecule has 0 atom stereocenters. The summed E-state index contributed by atoms with van der Waals surface area (Å²) in [5.74, 6) is -2.58. The minimum Gasteiger partial charge on any atom is -0.493 e. The van der Waals surface area contributed by atoms with E-state index in [0.29, 0.717) is 22.9 Å². The van der Waals surface area contributed by atoms with E-state index in [9.17, 15) is 24.0 Å². The Bertz CT molecular complexity index is 1550. The lowest BCUT2D eigenvalue weighted by molar-refractivity contribution is -0.296. The van der Waals surface area contributed by atoms with Gasteiger partial charge < -0.3 is 49.6 Å². The minimum absolute atomic E-state index is 0.0761. The molecular weight excluding hydrogens is 650 g/mol. The maximum absolute atomic E-state index is 14.7. The second-order valence-corrected chi connectivity index (χ2v) is 10.1. The van der Waals surface area contributed by atoms with Gasteiger partial charge in [-0.1, -0.05) is 0 Å². The molecule has 0 aliphatic carbocycles. The van der Waals surface area contributed by atoms with Gasteiger partial charge in [0.15, 0.2) is 40.3 Å². The molecule has 0 spiro atoms. The van der Waals surface area contributed by atoms with Gasteiger partial charge in [-0.25, -0.2) is 28.3 Å². The van der Waals surface area contributed by atoms with E-state index in [1.165, 1.54) is 47.3 Å². The zero-order chi connectivity index (χ0) is 33.0. The Kier molecular flexibility index (Phi) is 10.8. The number of carbonyl (C=O) groups excluding carboxylic acids is 1. The van der Waals surface area contributed by atoms with E-state index >= 15 is 0 Å². The van der Waals surface area contributed by atoms with Crippen LogP contribution in [0.15, 0.2) is 30.5 Å². The van der Waals surface area contributed by atoms with Crippen LogP contribution in [0.2, 0.25) is 0 Å². The van der Waals surface area contributed by atoms with Gasteiger partial charge in [-0.2, -0.15) is 4.98 Å². The van der Waals surface area contributed by atoms with Crippen LogP contribution >= 0.6 is 31.1 Å².